The Kier molecular flexibility index (Phi) is 4.27. The van der Waals surface area contributed by atoms with Crippen LogP contribution < -0.4 is 4.74 Å². The second-order valence-electron chi connectivity index (χ2n) is 4.65. The number of ether oxygens (including phenoxy) is 1. The maximum atomic E-state index is 10.7. The van der Waals surface area contributed by atoms with Crippen molar-refractivity contribution in [2.45, 2.75) is 19.3 Å². The fraction of sp³-hybridized carbons (Fsp3) is 0.500. The minimum atomic E-state index is -0.414. The van der Waals surface area contributed by atoms with Gasteiger partial charge in [0.25, 0.3) is 5.69 Å². The molecule has 1 aliphatic carbocycles. The first kappa shape index (κ1) is 13.8. The molecule has 0 unspecified atom stereocenters. The summed E-state index contributed by atoms with van der Waals surface area (Å²) in [5.74, 6) is 0.538. The van der Waals surface area contributed by atoms with Crippen LogP contribution >= 0.6 is 31.9 Å². The van der Waals surface area contributed by atoms with Crippen LogP contribution in [-0.2, 0) is 0 Å². The highest BCUT2D eigenvalue weighted by Gasteiger charge is 2.36. The molecule has 0 saturated heterocycles. The summed E-state index contributed by atoms with van der Waals surface area (Å²) in [5, 5.41) is 11.6. The lowest BCUT2D eigenvalue weighted by atomic mass is 9.71. The van der Waals surface area contributed by atoms with Crippen LogP contribution in [0, 0.1) is 15.5 Å². The molecule has 2 rings (SSSR count). The van der Waals surface area contributed by atoms with Crippen LogP contribution in [0.3, 0.4) is 0 Å². The maximum Gasteiger partial charge on any atom is 0.273 e. The van der Waals surface area contributed by atoms with Gasteiger partial charge in [0.1, 0.15) is 5.75 Å². The molecule has 1 aromatic rings. The SMILES string of the molecule is O=[N+]([O-])c1ccc(Br)c(OCC2(CBr)CCC2)c1. The molecule has 1 aliphatic rings. The highest BCUT2D eigenvalue weighted by Crippen LogP contribution is 2.43. The Morgan fingerprint density at radius 2 is 2.17 bits per heavy atom. The zero-order valence-electron chi connectivity index (χ0n) is 9.70. The summed E-state index contributed by atoms with van der Waals surface area (Å²) in [6.45, 7) is 0.595. The summed E-state index contributed by atoms with van der Waals surface area (Å²) in [6.07, 6.45) is 3.51. The number of nitrogens with zero attached hydrogens (tertiary/aromatic N) is 1. The summed E-state index contributed by atoms with van der Waals surface area (Å²) in [4.78, 5) is 10.3. The van der Waals surface area contributed by atoms with Gasteiger partial charge in [-0.3, -0.25) is 10.1 Å². The van der Waals surface area contributed by atoms with Crippen molar-refractivity contribution < 1.29 is 9.66 Å². The first-order chi connectivity index (χ1) is 8.56. The molecule has 1 aromatic carbocycles. The van der Waals surface area contributed by atoms with E-state index in [1.54, 1.807) is 6.07 Å². The second kappa shape index (κ2) is 5.57. The lowest BCUT2D eigenvalue weighted by molar-refractivity contribution is -0.385. The number of hydrogen-bond donors (Lipinski definition) is 0. The number of hydrogen-bond acceptors (Lipinski definition) is 3. The van der Waals surface area contributed by atoms with Crippen molar-refractivity contribution in [3.63, 3.8) is 0 Å². The number of nitro groups is 1. The molecule has 0 bridgehead atoms. The van der Waals surface area contributed by atoms with Gasteiger partial charge in [0.05, 0.1) is 22.1 Å². The molecular weight excluding hydrogens is 366 g/mol. The van der Waals surface area contributed by atoms with Gasteiger partial charge in [-0.15, -0.1) is 0 Å². The Hall–Kier alpha value is -0.620. The molecule has 98 valence electrons. The highest BCUT2D eigenvalue weighted by atomic mass is 79.9. The topological polar surface area (TPSA) is 52.4 Å². The van der Waals surface area contributed by atoms with Crippen LogP contribution in [-0.4, -0.2) is 16.9 Å². The van der Waals surface area contributed by atoms with Crippen molar-refractivity contribution in [3.05, 3.63) is 32.8 Å². The van der Waals surface area contributed by atoms with E-state index in [1.807, 2.05) is 0 Å². The van der Waals surface area contributed by atoms with Gasteiger partial charge in [0.15, 0.2) is 0 Å². The molecule has 0 N–H and O–H groups in total. The summed E-state index contributed by atoms with van der Waals surface area (Å²) in [7, 11) is 0. The zero-order chi connectivity index (χ0) is 13.2. The predicted molar refractivity (Wildman–Crippen MR) is 76.4 cm³/mol. The lowest BCUT2D eigenvalue weighted by Gasteiger charge is -2.40. The van der Waals surface area contributed by atoms with E-state index in [2.05, 4.69) is 31.9 Å². The van der Waals surface area contributed by atoms with Gasteiger partial charge in [-0.1, -0.05) is 22.4 Å². The van der Waals surface area contributed by atoms with Crippen molar-refractivity contribution in [2.24, 2.45) is 5.41 Å². The van der Waals surface area contributed by atoms with Gasteiger partial charge >= 0.3 is 0 Å². The van der Waals surface area contributed by atoms with E-state index in [1.165, 1.54) is 18.6 Å². The number of halogens is 2. The van der Waals surface area contributed by atoms with Crippen LogP contribution in [0.25, 0.3) is 0 Å². The fourth-order valence-electron chi connectivity index (χ4n) is 1.94. The van der Waals surface area contributed by atoms with E-state index in [0.717, 1.165) is 22.6 Å². The molecule has 0 aromatic heterocycles. The minimum Gasteiger partial charge on any atom is -0.492 e. The zero-order valence-corrected chi connectivity index (χ0v) is 12.9. The highest BCUT2D eigenvalue weighted by molar-refractivity contribution is 9.10. The average Bonchev–Trinajstić information content (AvgIpc) is 2.30. The van der Waals surface area contributed by atoms with E-state index in [-0.39, 0.29) is 11.1 Å². The number of non-ortho nitro benzene ring substituents is 1. The molecule has 0 spiro atoms. The molecule has 1 saturated carbocycles. The second-order valence-corrected chi connectivity index (χ2v) is 6.06. The van der Waals surface area contributed by atoms with Crippen LogP contribution in [0.5, 0.6) is 5.75 Å². The molecule has 6 heteroatoms. The van der Waals surface area contributed by atoms with Crippen molar-refractivity contribution >= 4 is 37.5 Å². The molecule has 0 amide bonds. The van der Waals surface area contributed by atoms with Crippen LogP contribution in [0.2, 0.25) is 0 Å². The molecule has 0 heterocycles. The quantitative estimate of drug-likeness (QED) is 0.436. The molecule has 0 radical (unpaired) electrons. The fourth-order valence-corrected chi connectivity index (χ4v) is 3.02. The Morgan fingerprint density at radius 3 is 2.67 bits per heavy atom. The summed E-state index contributed by atoms with van der Waals surface area (Å²) < 4.78 is 6.49. The number of benzene rings is 1. The van der Waals surface area contributed by atoms with Crippen molar-refractivity contribution in [3.8, 4) is 5.75 Å². The Bertz CT molecular complexity index is 455. The normalized spacial score (nSPS) is 17.0. The summed E-state index contributed by atoms with van der Waals surface area (Å²) in [5.41, 5.74) is 0.249. The van der Waals surface area contributed by atoms with Gasteiger partial charge in [-0.25, -0.2) is 0 Å². The lowest BCUT2D eigenvalue weighted by Crippen LogP contribution is -2.37. The van der Waals surface area contributed by atoms with Gasteiger partial charge in [-0.05, 0) is 34.8 Å². The number of alkyl halides is 1. The standard InChI is InChI=1S/C12H13Br2NO3/c13-7-12(4-1-5-12)8-18-11-6-9(15(16)17)2-3-10(11)14/h2-3,6H,1,4-5,7-8H2. The Labute approximate surface area is 122 Å². The number of rotatable bonds is 5. The van der Waals surface area contributed by atoms with Crippen molar-refractivity contribution in [1.82, 2.24) is 0 Å². The van der Waals surface area contributed by atoms with E-state index in [0.29, 0.717) is 12.4 Å². The van der Waals surface area contributed by atoms with Gasteiger partial charge < -0.3 is 4.74 Å². The third-order valence-electron chi connectivity index (χ3n) is 3.36. The minimum absolute atomic E-state index is 0.0506. The Balaban J connectivity index is 2.08. The van der Waals surface area contributed by atoms with Gasteiger partial charge in [-0.2, -0.15) is 0 Å². The van der Waals surface area contributed by atoms with E-state index < -0.39 is 4.92 Å². The van der Waals surface area contributed by atoms with E-state index >= 15 is 0 Å². The first-order valence-electron chi connectivity index (χ1n) is 5.69. The molecule has 0 aliphatic heterocycles. The van der Waals surface area contributed by atoms with Crippen molar-refractivity contribution in [2.75, 3.05) is 11.9 Å². The smallest absolute Gasteiger partial charge is 0.273 e. The third-order valence-corrected chi connectivity index (χ3v) is 5.20. The molecule has 0 atom stereocenters. The third kappa shape index (κ3) is 2.85. The molecule has 1 fully saturated rings. The van der Waals surface area contributed by atoms with Crippen LogP contribution in [0.1, 0.15) is 19.3 Å². The molecule has 18 heavy (non-hydrogen) atoms. The van der Waals surface area contributed by atoms with Crippen LogP contribution in [0.4, 0.5) is 5.69 Å². The maximum absolute atomic E-state index is 10.7. The van der Waals surface area contributed by atoms with E-state index in [9.17, 15) is 10.1 Å². The average molecular weight is 379 g/mol. The van der Waals surface area contributed by atoms with Crippen LogP contribution in [0.15, 0.2) is 22.7 Å². The Morgan fingerprint density at radius 1 is 1.44 bits per heavy atom. The summed E-state index contributed by atoms with van der Waals surface area (Å²) >= 11 is 6.86. The van der Waals surface area contributed by atoms with Crippen molar-refractivity contribution in [1.29, 1.82) is 0 Å². The predicted octanol–water partition coefficient (Wildman–Crippen LogP) is 4.30. The first-order valence-corrected chi connectivity index (χ1v) is 7.60. The van der Waals surface area contributed by atoms with Gasteiger partial charge in [0, 0.05) is 16.8 Å². The largest absolute Gasteiger partial charge is 0.492 e. The molecular formula is C12H13Br2NO3. The molecule has 4 nitrogen and oxygen atoms in total. The van der Waals surface area contributed by atoms with Gasteiger partial charge in [0.2, 0.25) is 0 Å². The monoisotopic (exact) mass is 377 g/mol. The number of nitro benzene ring substituents is 1. The van der Waals surface area contributed by atoms with E-state index in [4.69, 9.17) is 4.74 Å². The summed E-state index contributed by atoms with van der Waals surface area (Å²) in [6, 6.07) is 4.57.